The summed E-state index contributed by atoms with van der Waals surface area (Å²) in [5, 5.41) is 8.82. The van der Waals surface area contributed by atoms with Gasteiger partial charge in [-0.05, 0) is 44.0 Å². The van der Waals surface area contributed by atoms with Crippen LogP contribution >= 0.6 is 0 Å². The lowest BCUT2D eigenvalue weighted by Gasteiger charge is -2.30. The number of benzene rings is 1. The molecule has 0 spiro atoms. The Morgan fingerprint density at radius 3 is 2.83 bits per heavy atom. The standard InChI is InChI=1S/C17H23F2N3O2/c1-11-10-20-8-6-15(11)22-16(23)3-2-7-21-17(24)13-5-4-12(18)9-14(13)19/h4-5,9,11,15,20H,2-3,6-8,10H2,1H3,(H,21,24)(H,22,23). The molecule has 7 heteroatoms. The van der Waals surface area contributed by atoms with E-state index in [4.69, 9.17) is 0 Å². The first-order valence-electron chi connectivity index (χ1n) is 8.20. The second-order valence-corrected chi connectivity index (χ2v) is 6.13. The Hall–Kier alpha value is -2.02. The first-order valence-corrected chi connectivity index (χ1v) is 8.20. The number of rotatable bonds is 6. The number of nitrogens with one attached hydrogen (secondary N) is 3. The third-order valence-electron chi connectivity index (χ3n) is 4.17. The van der Waals surface area contributed by atoms with Gasteiger partial charge in [0.25, 0.3) is 5.91 Å². The summed E-state index contributed by atoms with van der Waals surface area (Å²) in [6, 6.07) is 2.99. The van der Waals surface area contributed by atoms with E-state index in [2.05, 4.69) is 22.9 Å². The summed E-state index contributed by atoms with van der Waals surface area (Å²) in [6.07, 6.45) is 1.66. The van der Waals surface area contributed by atoms with Gasteiger partial charge in [0.2, 0.25) is 5.91 Å². The molecule has 1 aliphatic rings. The molecular formula is C17H23F2N3O2. The average Bonchev–Trinajstić information content (AvgIpc) is 2.53. The zero-order valence-electron chi connectivity index (χ0n) is 13.7. The molecule has 1 saturated heterocycles. The van der Waals surface area contributed by atoms with Gasteiger partial charge in [-0.25, -0.2) is 8.78 Å². The van der Waals surface area contributed by atoms with E-state index in [1.807, 2.05) is 0 Å². The van der Waals surface area contributed by atoms with Gasteiger partial charge >= 0.3 is 0 Å². The highest BCUT2D eigenvalue weighted by Gasteiger charge is 2.22. The predicted molar refractivity (Wildman–Crippen MR) is 86.5 cm³/mol. The molecule has 24 heavy (non-hydrogen) atoms. The lowest BCUT2D eigenvalue weighted by molar-refractivity contribution is -0.122. The van der Waals surface area contributed by atoms with Crippen LogP contribution in [-0.4, -0.2) is 37.5 Å². The van der Waals surface area contributed by atoms with E-state index in [0.717, 1.165) is 31.6 Å². The number of carbonyl (C=O) groups is 2. The van der Waals surface area contributed by atoms with E-state index in [1.54, 1.807) is 0 Å². The SMILES string of the molecule is CC1CNCCC1NC(=O)CCCNC(=O)c1ccc(F)cc1F. The normalized spacial score (nSPS) is 20.5. The molecule has 3 N–H and O–H groups in total. The van der Waals surface area contributed by atoms with E-state index < -0.39 is 17.5 Å². The number of piperidine rings is 1. The van der Waals surface area contributed by atoms with Gasteiger partial charge in [-0.2, -0.15) is 0 Å². The lowest BCUT2D eigenvalue weighted by Crippen LogP contribution is -2.48. The van der Waals surface area contributed by atoms with Gasteiger partial charge in [-0.3, -0.25) is 9.59 Å². The van der Waals surface area contributed by atoms with Crippen molar-refractivity contribution < 1.29 is 18.4 Å². The largest absolute Gasteiger partial charge is 0.353 e. The molecule has 132 valence electrons. The number of hydrogen-bond donors (Lipinski definition) is 3. The van der Waals surface area contributed by atoms with Crippen molar-refractivity contribution in [1.29, 1.82) is 0 Å². The molecule has 1 aliphatic heterocycles. The molecule has 1 fully saturated rings. The van der Waals surface area contributed by atoms with Crippen molar-refractivity contribution in [2.75, 3.05) is 19.6 Å². The van der Waals surface area contributed by atoms with Crippen LogP contribution < -0.4 is 16.0 Å². The molecule has 1 heterocycles. The van der Waals surface area contributed by atoms with Crippen LogP contribution in [-0.2, 0) is 4.79 Å². The molecule has 0 bridgehead atoms. The van der Waals surface area contributed by atoms with Crippen molar-refractivity contribution in [3.63, 3.8) is 0 Å². The summed E-state index contributed by atoms with van der Waals surface area (Å²) >= 11 is 0. The molecule has 0 aliphatic carbocycles. The lowest BCUT2D eigenvalue weighted by atomic mass is 9.95. The van der Waals surface area contributed by atoms with Gasteiger partial charge in [0.05, 0.1) is 5.56 Å². The molecule has 2 amide bonds. The Morgan fingerprint density at radius 2 is 2.12 bits per heavy atom. The Morgan fingerprint density at radius 1 is 1.33 bits per heavy atom. The van der Waals surface area contributed by atoms with Crippen molar-refractivity contribution in [1.82, 2.24) is 16.0 Å². The van der Waals surface area contributed by atoms with E-state index in [9.17, 15) is 18.4 Å². The molecular weight excluding hydrogens is 316 g/mol. The average molecular weight is 339 g/mol. The van der Waals surface area contributed by atoms with E-state index in [-0.39, 0.29) is 24.1 Å². The minimum Gasteiger partial charge on any atom is -0.353 e. The minimum absolute atomic E-state index is 0.0454. The smallest absolute Gasteiger partial charge is 0.254 e. The highest BCUT2D eigenvalue weighted by Crippen LogP contribution is 2.11. The highest BCUT2D eigenvalue weighted by molar-refractivity contribution is 5.94. The second-order valence-electron chi connectivity index (χ2n) is 6.13. The molecule has 5 nitrogen and oxygen atoms in total. The maximum Gasteiger partial charge on any atom is 0.254 e. The zero-order chi connectivity index (χ0) is 17.5. The number of hydrogen-bond acceptors (Lipinski definition) is 3. The van der Waals surface area contributed by atoms with E-state index in [0.29, 0.717) is 24.8 Å². The van der Waals surface area contributed by atoms with Crippen LogP contribution in [0.15, 0.2) is 18.2 Å². The molecule has 1 aromatic rings. The van der Waals surface area contributed by atoms with Gasteiger partial charge in [0.15, 0.2) is 0 Å². The van der Waals surface area contributed by atoms with Crippen molar-refractivity contribution >= 4 is 11.8 Å². The summed E-state index contributed by atoms with van der Waals surface area (Å²) in [5.41, 5.74) is -0.204. The fourth-order valence-electron chi connectivity index (χ4n) is 2.73. The summed E-state index contributed by atoms with van der Waals surface area (Å²) in [7, 11) is 0. The van der Waals surface area contributed by atoms with Crippen LogP contribution in [0.2, 0.25) is 0 Å². The Bertz CT molecular complexity index is 595. The van der Waals surface area contributed by atoms with Crippen molar-refractivity contribution in [2.24, 2.45) is 5.92 Å². The van der Waals surface area contributed by atoms with Crippen LogP contribution in [0, 0.1) is 17.6 Å². The van der Waals surface area contributed by atoms with Gasteiger partial charge in [0.1, 0.15) is 11.6 Å². The zero-order valence-corrected chi connectivity index (χ0v) is 13.7. The van der Waals surface area contributed by atoms with Crippen LogP contribution in [0.3, 0.4) is 0 Å². The van der Waals surface area contributed by atoms with Crippen LogP contribution in [0.25, 0.3) is 0 Å². The fraction of sp³-hybridized carbons (Fsp3) is 0.529. The number of amides is 2. The van der Waals surface area contributed by atoms with Crippen molar-refractivity contribution in [2.45, 2.75) is 32.2 Å². The molecule has 0 radical (unpaired) electrons. The quantitative estimate of drug-likeness (QED) is 0.690. The van der Waals surface area contributed by atoms with Crippen LogP contribution in [0.1, 0.15) is 36.5 Å². The molecule has 2 rings (SSSR count). The Kier molecular flexibility index (Phi) is 6.66. The Labute approximate surface area is 140 Å². The molecule has 0 aromatic heterocycles. The van der Waals surface area contributed by atoms with Crippen LogP contribution in [0.5, 0.6) is 0 Å². The number of carbonyl (C=O) groups excluding carboxylic acids is 2. The fourth-order valence-corrected chi connectivity index (χ4v) is 2.73. The molecule has 2 unspecified atom stereocenters. The van der Waals surface area contributed by atoms with Crippen LogP contribution in [0.4, 0.5) is 8.78 Å². The summed E-state index contributed by atoms with van der Waals surface area (Å²) in [5.74, 6) is -1.89. The first-order chi connectivity index (χ1) is 11.5. The van der Waals surface area contributed by atoms with E-state index in [1.165, 1.54) is 0 Å². The molecule has 2 atom stereocenters. The second kappa shape index (κ2) is 8.73. The molecule has 1 aromatic carbocycles. The maximum atomic E-state index is 13.5. The van der Waals surface area contributed by atoms with Gasteiger partial charge < -0.3 is 16.0 Å². The van der Waals surface area contributed by atoms with Crippen molar-refractivity contribution in [3.05, 3.63) is 35.4 Å². The molecule has 0 saturated carbocycles. The van der Waals surface area contributed by atoms with Crippen molar-refractivity contribution in [3.8, 4) is 0 Å². The van der Waals surface area contributed by atoms with E-state index >= 15 is 0 Å². The number of halogens is 2. The van der Waals surface area contributed by atoms with Gasteiger partial charge in [0, 0.05) is 25.1 Å². The third kappa shape index (κ3) is 5.26. The van der Waals surface area contributed by atoms with Gasteiger partial charge in [-0.15, -0.1) is 0 Å². The third-order valence-corrected chi connectivity index (χ3v) is 4.17. The monoisotopic (exact) mass is 339 g/mol. The first kappa shape index (κ1) is 18.3. The topological polar surface area (TPSA) is 70.2 Å². The summed E-state index contributed by atoms with van der Waals surface area (Å²) in [4.78, 5) is 23.7. The minimum atomic E-state index is -0.898. The predicted octanol–water partition coefficient (Wildman–Crippen LogP) is 1.59. The Balaban J connectivity index is 1.68. The summed E-state index contributed by atoms with van der Waals surface area (Å²) < 4.78 is 26.3. The maximum absolute atomic E-state index is 13.5. The summed E-state index contributed by atoms with van der Waals surface area (Å²) in [6.45, 7) is 4.14. The highest BCUT2D eigenvalue weighted by atomic mass is 19.1. The van der Waals surface area contributed by atoms with Gasteiger partial charge in [-0.1, -0.05) is 6.92 Å².